The third-order valence-electron chi connectivity index (χ3n) is 4.99. The van der Waals surface area contributed by atoms with Gasteiger partial charge in [0.2, 0.25) is 15.9 Å². The fraction of sp³-hybridized carbons (Fsp3) is 0.500. The van der Waals surface area contributed by atoms with Gasteiger partial charge in [-0.25, -0.2) is 8.42 Å². The second-order valence-corrected chi connectivity index (χ2v) is 8.57. The van der Waals surface area contributed by atoms with E-state index in [9.17, 15) is 13.2 Å². The molecule has 0 N–H and O–H groups in total. The molecule has 6 heteroatoms. The van der Waals surface area contributed by atoms with Gasteiger partial charge in [0.1, 0.15) is 0 Å². The molecule has 1 aromatic carbocycles. The number of carbonyl (C=O) groups excluding carboxylic acids is 1. The van der Waals surface area contributed by atoms with E-state index in [0.717, 1.165) is 11.1 Å². The SMILES string of the molecule is C=CCN1C(=O)CC[C@H]2[C@@H]1CCN2S(=O)(=O)Cc1ccc(C)cc1. The zero-order valence-corrected chi connectivity index (χ0v) is 14.8. The summed E-state index contributed by atoms with van der Waals surface area (Å²) in [6.45, 7) is 6.67. The molecule has 0 bridgehead atoms. The summed E-state index contributed by atoms with van der Waals surface area (Å²) in [7, 11) is -3.38. The van der Waals surface area contributed by atoms with Gasteiger partial charge < -0.3 is 4.90 Å². The predicted octanol–water partition coefficient (Wildman–Crippen LogP) is 2.08. The van der Waals surface area contributed by atoms with Gasteiger partial charge in [0, 0.05) is 31.6 Å². The number of carbonyl (C=O) groups is 1. The summed E-state index contributed by atoms with van der Waals surface area (Å²) >= 11 is 0. The average molecular weight is 348 g/mol. The molecule has 2 atom stereocenters. The third-order valence-corrected chi connectivity index (χ3v) is 6.85. The molecule has 0 spiro atoms. The maximum absolute atomic E-state index is 12.9. The van der Waals surface area contributed by atoms with Crippen molar-refractivity contribution in [3.05, 3.63) is 48.0 Å². The van der Waals surface area contributed by atoms with Crippen molar-refractivity contribution in [1.82, 2.24) is 9.21 Å². The first kappa shape index (κ1) is 17.2. The molecule has 0 aliphatic carbocycles. The van der Waals surface area contributed by atoms with Gasteiger partial charge >= 0.3 is 0 Å². The minimum atomic E-state index is -3.38. The number of nitrogens with zero attached hydrogens (tertiary/aromatic N) is 2. The fourth-order valence-corrected chi connectivity index (χ4v) is 5.63. The van der Waals surface area contributed by atoms with E-state index in [-0.39, 0.29) is 23.7 Å². The van der Waals surface area contributed by atoms with E-state index in [4.69, 9.17) is 0 Å². The van der Waals surface area contributed by atoms with Gasteiger partial charge in [-0.05, 0) is 25.3 Å². The first-order chi connectivity index (χ1) is 11.4. The van der Waals surface area contributed by atoms with Crippen LogP contribution in [0.5, 0.6) is 0 Å². The number of piperidine rings is 1. The molecule has 3 rings (SSSR count). The summed E-state index contributed by atoms with van der Waals surface area (Å²) < 4.78 is 27.4. The Morgan fingerprint density at radius 2 is 1.92 bits per heavy atom. The molecule has 0 unspecified atom stereocenters. The Morgan fingerprint density at radius 1 is 1.21 bits per heavy atom. The lowest BCUT2D eigenvalue weighted by Gasteiger charge is -2.38. The maximum atomic E-state index is 12.9. The number of benzene rings is 1. The molecule has 2 aliphatic rings. The highest BCUT2D eigenvalue weighted by Gasteiger charge is 2.46. The van der Waals surface area contributed by atoms with Crippen LogP contribution in [-0.4, -0.2) is 48.7 Å². The minimum absolute atomic E-state index is 0.0166. The maximum Gasteiger partial charge on any atom is 0.223 e. The number of hydrogen-bond acceptors (Lipinski definition) is 3. The van der Waals surface area contributed by atoms with Crippen LogP contribution in [0.1, 0.15) is 30.4 Å². The van der Waals surface area contributed by atoms with Crippen molar-refractivity contribution in [2.45, 2.75) is 44.0 Å². The molecule has 5 nitrogen and oxygen atoms in total. The summed E-state index contributed by atoms with van der Waals surface area (Å²) in [5.74, 6) is 0.125. The molecular weight excluding hydrogens is 324 g/mol. The number of aryl methyl sites for hydroxylation is 1. The standard InChI is InChI=1S/C18H24N2O3S/c1-3-11-19-16-10-12-20(17(16)8-9-18(19)21)24(22,23)13-15-6-4-14(2)5-7-15/h3-7,16-17H,1,8-13H2,2H3/t16-,17-/m0/s1. The zero-order valence-electron chi connectivity index (χ0n) is 14.0. The summed E-state index contributed by atoms with van der Waals surface area (Å²) in [4.78, 5) is 13.9. The number of sulfonamides is 1. The van der Waals surface area contributed by atoms with E-state index in [1.807, 2.05) is 31.2 Å². The Labute approximate surface area is 144 Å². The Kier molecular flexibility index (Phi) is 4.78. The molecular formula is C18H24N2O3S. The quantitative estimate of drug-likeness (QED) is 0.766. The van der Waals surface area contributed by atoms with Gasteiger partial charge in [-0.3, -0.25) is 4.79 Å². The van der Waals surface area contributed by atoms with Crippen molar-refractivity contribution in [2.24, 2.45) is 0 Å². The summed E-state index contributed by atoms with van der Waals surface area (Å²) in [6.07, 6.45) is 3.44. The Hall–Kier alpha value is -1.66. The number of fused-ring (bicyclic) bond motifs is 1. The van der Waals surface area contributed by atoms with Gasteiger partial charge in [-0.15, -0.1) is 6.58 Å². The van der Waals surface area contributed by atoms with E-state index in [0.29, 0.717) is 32.4 Å². The van der Waals surface area contributed by atoms with Crippen molar-refractivity contribution >= 4 is 15.9 Å². The molecule has 1 aromatic rings. The van der Waals surface area contributed by atoms with Gasteiger partial charge in [0.25, 0.3) is 0 Å². The second kappa shape index (κ2) is 6.69. The Morgan fingerprint density at radius 3 is 2.58 bits per heavy atom. The van der Waals surface area contributed by atoms with Gasteiger partial charge in [0.15, 0.2) is 0 Å². The Bertz CT molecular complexity index is 727. The highest BCUT2D eigenvalue weighted by atomic mass is 32.2. The van der Waals surface area contributed by atoms with Gasteiger partial charge in [-0.1, -0.05) is 35.9 Å². The summed E-state index contributed by atoms with van der Waals surface area (Å²) in [6, 6.07) is 7.49. The third kappa shape index (κ3) is 3.26. The van der Waals surface area contributed by atoms with Gasteiger partial charge in [-0.2, -0.15) is 4.31 Å². The molecule has 2 heterocycles. The first-order valence-electron chi connectivity index (χ1n) is 8.38. The topological polar surface area (TPSA) is 57.7 Å². The van der Waals surface area contributed by atoms with Crippen LogP contribution in [0.3, 0.4) is 0 Å². The lowest BCUT2D eigenvalue weighted by atomic mass is 9.97. The van der Waals surface area contributed by atoms with E-state index >= 15 is 0 Å². The smallest absolute Gasteiger partial charge is 0.223 e. The Balaban J connectivity index is 1.78. The van der Waals surface area contributed by atoms with Crippen molar-refractivity contribution in [2.75, 3.05) is 13.1 Å². The van der Waals surface area contributed by atoms with E-state index in [1.54, 1.807) is 15.3 Å². The van der Waals surface area contributed by atoms with Crippen molar-refractivity contribution in [3.63, 3.8) is 0 Å². The number of likely N-dealkylation sites (tertiary alicyclic amines) is 1. The minimum Gasteiger partial charge on any atom is -0.334 e. The largest absolute Gasteiger partial charge is 0.334 e. The van der Waals surface area contributed by atoms with Crippen molar-refractivity contribution in [1.29, 1.82) is 0 Å². The molecule has 2 saturated heterocycles. The number of hydrogen-bond donors (Lipinski definition) is 0. The van der Waals surface area contributed by atoms with Gasteiger partial charge in [0.05, 0.1) is 5.75 Å². The monoisotopic (exact) mass is 348 g/mol. The van der Waals surface area contributed by atoms with E-state index < -0.39 is 10.0 Å². The lowest BCUT2D eigenvalue weighted by molar-refractivity contribution is -0.136. The average Bonchev–Trinajstić information content (AvgIpc) is 2.97. The van der Waals surface area contributed by atoms with Crippen LogP contribution in [-0.2, 0) is 20.6 Å². The van der Waals surface area contributed by atoms with Crippen LogP contribution in [0, 0.1) is 6.92 Å². The molecule has 0 saturated carbocycles. The lowest BCUT2D eigenvalue weighted by Crippen LogP contribution is -2.53. The van der Waals surface area contributed by atoms with E-state index in [2.05, 4.69) is 6.58 Å². The molecule has 0 radical (unpaired) electrons. The summed E-state index contributed by atoms with van der Waals surface area (Å²) in [5, 5.41) is 0. The molecule has 0 aromatic heterocycles. The molecule has 130 valence electrons. The van der Waals surface area contributed by atoms with Crippen LogP contribution >= 0.6 is 0 Å². The fourth-order valence-electron chi connectivity index (χ4n) is 3.81. The normalized spacial score (nSPS) is 24.9. The molecule has 1 amide bonds. The molecule has 2 aliphatic heterocycles. The van der Waals surface area contributed by atoms with Crippen LogP contribution < -0.4 is 0 Å². The van der Waals surface area contributed by atoms with Crippen LogP contribution in [0.25, 0.3) is 0 Å². The molecule has 24 heavy (non-hydrogen) atoms. The molecule has 2 fully saturated rings. The number of amides is 1. The first-order valence-corrected chi connectivity index (χ1v) is 9.99. The highest BCUT2D eigenvalue weighted by Crippen LogP contribution is 2.34. The van der Waals surface area contributed by atoms with Crippen molar-refractivity contribution in [3.8, 4) is 0 Å². The van der Waals surface area contributed by atoms with Crippen molar-refractivity contribution < 1.29 is 13.2 Å². The van der Waals surface area contributed by atoms with Crippen LogP contribution in [0.2, 0.25) is 0 Å². The zero-order chi connectivity index (χ0) is 17.3. The highest BCUT2D eigenvalue weighted by molar-refractivity contribution is 7.88. The number of rotatable bonds is 5. The van der Waals surface area contributed by atoms with Crippen LogP contribution in [0.4, 0.5) is 0 Å². The predicted molar refractivity (Wildman–Crippen MR) is 93.8 cm³/mol. The van der Waals surface area contributed by atoms with E-state index in [1.165, 1.54) is 0 Å². The summed E-state index contributed by atoms with van der Waals surface area (Å²) in [5.41, 5.74) is 1.92. The second-order valence-electron chi connectivity index (χ2n) is 6.65. The van der Waals surface area contributed by atoms with Crippen LogP contribution in [0.15, 0.2) is 36.9 Å².